The number of amides is 1. The maximum atomic E-state index is 11.4. The van der Waals surface area contributed by atoms with E-state index in [9.17, 15) is 9.59 Å². The zero-order chi connectivity index (χ0) is 11.3. The Morgan fingerprint density at radius 1 is 1.53 bits per heavy atom. The van der Waals surface area contributed by atoms with Gasteiger partial charge < -0.3 is 5.32 Å². The summed E-state index contributed by atoms with van der Waals surface area (Å²) in [6, 6.07) is 2.69. The zero-order valence-electron chi connectivity index (χ0n) is 8.91. The van der Waals surface area contributed by atoms with Gasteiger partial charge in [-0.1, -0.05) is 13.8 Å². The van der Waals surface area contributed by atoms with Gasteiger partial charge in [-0.25, -0.2) is 5.10 Å². The van der Waals surface area contributed by atoms with Crippen LogP contribution in [0.4, 0.5) is 0 Å². The van der Waals surface area contributed by atoms with Crippen LogP contribution in [-0.2, 0) is 0 Å². The molecule has 0 atom stereocenters. The number of nitrogens with one attached hydrogen (secondary N) is 2. The highest BCUT2D eigenvalue weighted by molar-refractivity contribution is 5.91. The Morgan fingerprint density at radius 2 is 2.27 bits per heavy atom. The van der Waals surface area contributed by atoms with Gasteiger partial charge in [-0.15, -0.1) is 0 Å². The van der Waals surface area contributed by atoms with Crippen LogP contribution in [0.2, 0.25) is 0 Å². The minimum atomic E-state index is -0.311. The lowest BCUT2D eigenvalue weighted by Gasteiger charge is -2.05. The minimum Gasteiger partial charge on any atom is -0.351 e. The summed E-state index contributed by atoms with van der Waals surface area (Å²) < 4.78 is 0. The second-order valence-corrected chi connectivity index (χ2v) is 3.74. The molecule has 2 N–H and O–H groups in total. The molecule has 5 heteroatoms. The second-order valence-electron chi connectivity index (χ2n) is 3.74. The smallest absolute Gasteiger partial charge is 0.271 e. The van der Waals surface area contributed by atoms with Gasteiger partial charge in [0.15, 0.2) is 0 Å². The Labute approximate surface area is 87.9 Å². The first-order chi connectivity index (χ1) is 7.09. The molecule has 0 bridgehead atoms. The van der Waals surface area contributed by atoms with Crippen molar-refractivity contribution in [2.75, 3.05) is 6.54 Å². The van der Waals surface area contributed by atoms with E-state index in [4.69, 9.17) is 0 Å². The van der Waals surface area contributed by atoms with Crippen LogP contribution in [0.25, 0.3) is 0 Å². The summed E-state index contributed by atoms with van der Waals surface area (Å²) >= 11 is 0. The Kier molecular flexibility index (Phi) is 4.03. The van der Waals surface area contributed by atoms with Gasteiger partial charge in [0.2, 0.25) is 0 Å². The number of nitrogens with zero attached hydrogens (tertiary/aromatic N) is 1. The third-order valence-corrected chi connectivity index (χ3v) is 1.92. The van der Waals surface area contributed by atoms with Crippen molar-refractivity contribution < 1.29 is 4.79 Å². The van der Waals surface area contributed by atoms with Crippen LogP contribution in [-0.4, -0.2) is 22.6 Å². The maximum absolute atomic E-state index is 11.4. The average Bonchev–Trinajstić information content (AvgIpc) is 2.18. The van der Waals surface area contributed by atoms with Gasteiger partial charge in [-0.2, -0.15) is 5.10 Å². The highest BCUT2D eigenvalue weighted by atomic mass is 16.2. The van der Waals surface area contributed by atoms with Gasteiger partial charge in [0, 0.05) is 12.6 Å². The Hall–Kier alpha value is -1.65. The molecule has 0 aliphatic heterocycles. The monoisotopic (exact) mass is 209 g/mol. The number of carbonyl (C=O) groups excluding carboxylic acids is 1. The number of aromatic nitrogens is 2. The molecule has 0 unspecified atom stereocenters. The number of hydrogen-bond donors (Lipinski definition) is 2. The molecule has 1 aromatic rings. The molecule has 82 valence electrons. The van der Waals surface area contributed by atoms with Gasteiger partial charge >= 0.3 is 0 Å². The lowest BCUT2D eigenvalue weighted by Crippen LogP contribution is -2.27. The summed E-state index contributed by atoms with van der Waals surface area (Å²) in [6.07, 6.45) is 0.926. The molecule has 0 aliphatic carbocycles. The lowest BCUT2D eigenvalue weighted by molar-refractivity contribution is 0.0946. The molecule has 1 aromatic heterocycles. The average molecular weight is 209 g/mol. The molecule has 0 aromatic carbocycles. The highest BCUT2D eigenvalue weighted by Crippen LogP contribution is 1.97. The molecule has 0 saturated heterocycles. The number of rotatable bonds is 4. The van der Waals surface area contributed by atoms with Gasteiger partial charge in [0.1, 0.15) is 5.69 Å². The van der Waals surface area contributed by atoms with Gasteiger partial charge in [0.25, 0.3) is 11.5 Å². The molecule has 0 saturated carbocycles. The first-order valence-corrected chi connectivity index (χ1v) is 4.93. The van der Waals surface area contributed by atoms with E-state index in [0.29, 0.717) is 12.5 Å². The van der Waals surface area contributed by atoms with E-state index in [-0.39, 0.29) is 17.2 Å². The lowest BCUT2D eigenvalue weighted by atomic mass is 10.1. The van der Waals surface area contributed by atoms with Crippen molar-refractivity contribution in [3.63, 3.8) is 0 Å². The van der Waals surface area contributed by atoms with Crippen molar-refractivity contribution in [3.05, 3.63) is 28.2 Å². The van der Waals surface area contributed by atoms with Crippen molar-refractivity contribution in [2.24, 2.45) is 5.92 Å². The third kappa shape index (κ3) is 3.93. The minimum absolute atomic E-state index is 0.235. The van der Waals surface area contributed by atoms with Crippen molar-refractivity contribution in [1.82, 2.24) is 15.5 Å². The molecule has 0 fully saturated rings. The number of H-pyrrole nitrogens is 1. The molecule has 5 nitrogen and oxygen atoms in total. The summed E-state index contributed by atoms with van der Waals surface area (Å²) in [5.74, 6) is 0.292. The molecule has 1 rings (SSSR count). The van der Waals surface area contributed by atoms with Gasteiger partial charge in [-0.05, 0) is 18.4 Å². The first-order valence-electron chi connectivity index (χ1n) is 4.93. The zero-order valence-corrected chi connectivity index (χ0v) is 8.91. The topological polar surface area (TPSA) is 74.8 Å². The molecular formula is C10H15N3O2. The fourth-order valence-corrected chi connectivity index (χ4v) is 1.04. The van der Waals surface area contributed by atoms with Crippen LogP contribution in [0.1, 0.15) is 30.8 Å². The predicted molar refractivity (Wildman–Crippen MR) is 56.6 cm³/mol. The Bertz CT molecular complexity index is 364. The van der Waals surface area contributed by atoms with Gasteiger partial charge in [0.05, 0.1) is 0 Å². The van der Waals surface area contributed by atoms with Crippen LogP contribution in [0.15, 0.2) is 16.9 Å². The van der Waals surface area contributed by atoms with E-state index >= 15 is 0 Å². The molecule has 0 radical (unpaired) electrons. The van der Waals surface area contributed by atoms with Crippen LogP contribution in [0.3, 0.4) is 0 Å². The van der Waals surface area contributed by atoms with Crippen molar-refractivity contribution in [2.45, 2.75) is 20.3 Å². The van der Waals surface area contributed by atoms with Crippen LogP contribution >= 0.6 is 0 Å². The largest absolute Gasteiger partial charge is 0.351 e. The quantitative estimate of drug-likeness (QED) is 0.760. The van der Waals surface area contributed by atoms with E-state index in [1.54, 1.807) is 0 Å². The summed E-state index contributed by atoms with van der Waals surface area (Å²) in [5.41, 5.74) is -0.0768. The van der Waals surface area contributed by atoms with E-state index in [2.05, 4.69) is 29.4 Å². The second kappa shape index (κ2) is 5.29. The van der Waals surface area contributed by atoms with E-state index < -0.39 is 0 Å². The van der Waals surface area contributed by atoms with Crippen LogP contribution < -0.4 is 10.9 Å². The number of aromatic amines is 1. The molecular weight excluding hydrogens is 194 g/mol. The van der Waals surface area contributed by atoms with Gasteiger partial charge in [-0.3, -0.25) is 9.59 Å². The van der Waals surface area contributed by atoms with Crippen molar-refractivity contribution >= 4 is 5.91 Å². The van der Waals surface area contributed by atoms with Crippen molar-refractivity contribution in [1.29, 1.82) is 0 Å². The van der Waals surface area contributed by atoms with Crippen molar-refractivity contribution in [3.8, 4) is 0 Å². The van der Waals surface area contributed by atoms with E-state index in [1.165, 1.54) is 12.1 Å². The molecule has 1 amide bonds. The van der Waals surface area contributed by atoms with E-state index in [0.717, 1.165) is 6.42 Å². The summed E-state index contributed by atoms with van der Waals surface area (Å²) in [5, 5.41) is 8.57. The normalized spacial score (nSPS) is 10.3. The molecule has 15 heavy (non-hydrogen) atoms. The summed E-state index contributed by atoms with van der Waals surface area (Å²) in [6.45, 7) is 4.80. The van der Waals surface area contributed by atoms with Crippen LogP contribution in [0, 0.1) is 5.92 Å². The standard InChI is InChI=1S/C10H15N3O2/c1-7(2)5-6-11-10(15)8-3-4-9(14)13-12-8/h3-4,7H,5-6H2,1-2H3,(H,11,15)(H,13,14). The fraction of sp³-hybridized carbons (Fsp3) is 0.500. The summed E-state index contributed by atoms with van der Waals surface area (Å²) in [4.78, 5) is 22.1. The molecule has 0 aliphatic rings. The molecule has 1 heterocycles. The predicted octanol–water partition coefficient (Wildman–Crippen LogP) is 0.546. The third-order valence-electron chi connectivity index (χ3n) is 1.92. The highest BCUT2D eigenvalue weighted by Gasteiger charge is 2.06. The number of carbonyl (C=O) groups is 1. The SMILES string of the molecule is CC(C)CCNC(=O)c1ccc(=O)[nH]n1. The Balaban J connectivity index is 2.47. The van der Waals surface area contributed by atoms with E-state index in [1.807, 2.05) is 0 Å². The van der Waals surface area contributed by atoms with Crippen LogP contribution in [0.5, 0.6) is 0 Å². The fourth-order valence-electron chi connectivity index (χ4n) is 1.04. The first kappa shape index (κ1) is 11.4. The maximum Gasteiger partial charge on any atom is 0.271 e. The number of hydrogen-bond acceptors (Lipinski definition) is 3. The summed E-state index contributed by atoms with van der Waals surface area (Å²) in [7, 11) is 0. The molecule has 0 spiro atoms. The Morgan fingerprint density at radius 3 is 2.80 bits per heavy atom.